The summed E-state index contributed by atoms with van der Waals surface area (Å²) in [5.41, 5.74) is 1.96. The van der Waals surface area contributed by atoms with Crippen LogP contribution in [0.2, 0.25) is 0 Å². The zero-order valence-electron chi connectivity index (χ0n) is 15.5. The summed E-state index contributed by atoms with van der Waals surface area (Å²) in [5, 5.41) is 31.3. The Bertz CT molecular complexity index is 662. The summed E-state index contributed by atoms with van der Waals surface area (Å²) in [4.78, 5) is 0. The predicted octanol–water partition coefficient (Wildman–Crippen LogP) is 2.89. The van der Waals surface area contributed by atoms with Crippen molar-refractivity contribution in [3.63, 3.8) is 0 Å². The van der Waals surface area contributed by atoms with Crippen molar-refractivity contribution in [2.45, 2.75) is 51.7 Å². The van der Waals surface area contributed by atoms with Crippen molar-refractivity contribution in [3.05, 3.63) is 65.2 Å². The van der Waals surface area contributed by atoms with Gasteiger partial charge in [0.15, 0.2) is 6.29 Å². The lowest BCUT2D eigenvalue weighted by molar-refractivity contribution is -0.0425. The average Bonchev–Trinajstić information content (AvgIpc) is 2.59. The van der Waals surface area contributed by atoms with Crippen molar-refractivity contribution >= 4 is 0 Å². The first kappa shape index (κ1) is 20.4. The van der Waals surface area contributed by atoms with E-state index >= 15 is 0 Å². The molecule has 0 spiro atoms. The van der Waals surface area contributed by atoms with E-state index in [1.165, 1.54) is 0 Å². The number of aliphatic hydroxyl groups excluding tert-OH is 1. The van der Waals surface area contributed by atoms with Gasteiger partial charge < -0.3 is 25.4 Å². The summed E-state index contributed by atoms with van der Waals surface area (Å²) >= 11 is 0. The molecular weight excluding hydrogens is 330 g/mol. The molecule has 0 fully saturated rings. The molecule has 0 unspecified atom stereocenters. The minimum Gasteiger partial charge on any atom is -0.489 e. The zero-order valence-corrected chi connectivity index (χ0v) is 15.5. The van der Waals surface area contributed by atoms with Crippen molar-refractivity contribution in [2.24, 2.45) is 0 Å². The van der Waals surface area contributed by atoms with Gasteiger partial charge in [0.25, 0.3) is 0 Å². The van der Waals surface area contributed by atoms with Crippen LogP contribution in [0.25, 0.3) is 0 Å². The standard InChI is InChI=1S/C21H29NO4/c1-21(2,25)11-4-12-22-14-17-5-3-6-19(13-17)26-15-16-7-9-18(10-8-16)20(23)24/h3,5-10,13,20,22-25H,4,11-12,14-15H2,1-2H3. The fraction of sp³-hybridized carbons (Fsp3) is 0.429. The highest BCUT2D eigenvalue weighted by molar-refractivity contribution is 5.29. The Morgan fingerprint density at radius 1 is 1.04 bits per heavy atom. The molecule has 0 aromatic heterocycles. The van der Waals surface area contributed by atoms with E-state index in [-0.39, 0.29) is 0 Å². The van der Waals surface area contributed by atoms with Gasteiger partial charge >= 0.3 is 0 Å². The predicted molar refractivity (Wildman–Crippen MR) is 102 cm³/mol. The molecule has 2 aromatic carbocycles. The third-order valence-electron chi connectivity index (χ3n) is 4.05. The molecular formula is C21H29NO4. The van der Waals surface area contributed by atoms with E-state index in [0.29, 0.717) is 12.2 Å². The van der Waals surface area contributed by atoms with Gasteiger partial charge in [-0.25, -0.2) is 0 Å². The lowest BCUT2D eigenvalue weighted by Gasteiger charge is -2.16. The Hall–Kier alpha value is -1.92. The quantitative estimate of drug-likeness (QED) is 0.387. The normalized spacial score (nSPS) is 11.8. The van der Waals surface area contributed by atoms with E-state index in [9.17, 15) is 5.11 Å². The number of benzene rings is 2. The summed E-state index contributed by atoms with van der Waals surface area (Å²) in [6.07, 6.45) is 0.255. The van der Waals surface area contributed by atoms with Crippen LogP contribution >= 0.6 is 0 Å². The van der Waals surface area contributed by atoms with Crippen molar-refractivity contribution < 1.29 is 20.1 Å². The molecule has 0 heterocycles. The summed E-state index contributed by atoms with van der Waals surface area (Å²) in [6.45, 7) is 5.69. The number of aliphatic hydroxyl groups is 3. The number of nitrogens with one attached hydrogen (secondary N) is 1. The minimum absolute atomic E-state index is 0.421. The van der Waals surface area contributed by atoms with E-state index < -0.39 is 11.9 Å². The molecule has 5 heteroatoms. The van der Waals surface area contributed by atoms with Gasteiger partial charge in [0.2, 0.25) is 0 Å². The van der Waals surface area contributed by atoms with Crippen LogP contribution in [0.4, 0.5) is 0 Å². The van der Waals surface area contributed by atoms with E-state index in [2.05, 4.69) is 5.32 Å². The van der Waals surface area contributed by atoms with Crippen molar-refractivity contribution in [1.82, 2.24) is 5.32 Å². The fourth-order valence-electron chi connectivity index (χ4n) is 2.58. The highest BCUT2D eigenvalue weighted by Crippen LogP contribution is 2.17. The summed E-state index contributed by atoms with van der Waals surface area (Å²) < 4.78 is 5.82. The van der Waals surface area contributed by atoms with Crippen molar-refractivity contribution in [1.29, 1.82) is 0 Å². The van der Waals surface area contributed by atoms with E-state index in [0.717, 1.165) is 42.8 Å². The average molecular weight is 359 g/mol. The number of hydrogen-bond donors (Lipinski definition) is 4. The third-order valence-corrected chi connectivity index (χ3v) is 4.05. The molecule has 2 aromatic rings. The minimum atomic E-state index is -1.45. The summed E-state index contributed by atoms with van der Waals surface area (Å²) in [6, 6.07) is 14.9. The lowest BCUT2D eigenvalue weighted by Crippen LogP contribution is -2.22. The molecule has 0 saturated carbocycles. The summed E-state index contributed by atoms with van der Waals surface area (Å²) in [5.74, 6) is 0.798. The molecule has 142 valence electrons. The van der Waals surface area contributed by atoms with Gasteiger partial charge in [0, 0.05) is 12.1 Å². The maximum absolute atomic E-state index is 9.70. The van der Waals surface area contributed by atoms with Gasteiger partial charge in [-0.1, -0.05) is 36.4 Å². The Labute approximate surface area is 155 Å². The Morgan fingerprint density at radius 2 is 1.77 bits per heavy atom. The second-order valence-corrected chi connectivity index (χ2v) is 7.14. The van der Waals surface area contributed by atoms with E-state index in [4.69, 9.17) is 14.9 Å². The van der Waals surface area contributed by atoms with E-state index in [1.54, 1.807) is 12.1 Å². The lowest BCUT2D eigenvalue weighted by atomic mass is 10.0. The zero-order chi connectivity index (χ0) is 19.0. The Kier molecular flexibility index (Phi) is 7.60. The maximum Gasteiger partial charge on any atom is 0.178 e. The van der Waals surface area contributed by atoms with E-state index in [1.807, 2.05) is 50.2 Å². The van der Waals surface area contributed by atoms with Gasteiger partial charge in [-0.3, -0.25) is 0 Å². The molecule has 0 radical (unpaired) electrons. The Balaban J connectivity index is 1.77. The molecule has 0 aliphatic heterocycles. The van der Waals surface area contributed by atoms with Gasteiger partial charge in [0.05, 0.1) is 5.60 Å². The number of ether oxygens (including phenoxy) is 1. The molecule has 0 aliphatic rings. The highest BCUT2D eigenvalue weighted by Gasteiger charge is 2.10. The molecule has 26 heavy (non-hydrogen) atoms. The van der Waals surface area contributed by atoms with Crippen LogP contribution in [0.3, 0.4) is 0 Å². The van der Waals surface area contributed by atoms with Gasteiger partial charge in [-0.05, 0) is 56.5 Å². The monoisotopic (exact) mass is 359 g/mol. The Morgan fingerprint density at radius 3 is 2.42 bits per heavy atom. The SMILES string of the molecule is CC(C)(O)CCCNCc1cccc(OCc2ccc(C(O)O)cc2)c1. The van der Waals surface area contributed by atoms with Crippen LogP contribution in [0.5, 0.6) is 5.75 Å². The molecule has 5 nitrogen and oxygen atoms in total. The molecule has 0 aliphatic carbocycles. The molecule has 0 atom stereocenters. The first-order valence-electron chi connectivity index (χ1n) is 8.93. The van der Waals surface area contributed by atoms with Crippen molar-refractivity contribution in [3.8, 4) is 5.75 Å². The van der Waals surface area contributed by atoms with Crippen molar-refractivity contribution in [2.75, 3.05) is 6.54 Å². The maximum atomic E-state index is 9.70. The second-order valence-electron chi connectivity index (χ2n) is 7.14. The molecule has 2 rings (SSSR count). The topological polar surface area (TPSA) is 82.0 Å². The molecule has 0 saturated heterocycles. The van der Waals surface area contributed by atoms with Gasteiger partial charge in [-0.15, -0.1) is 0 Å². The van der Waals surface area contributed by atoms with Crippen LogP contribution in [0.15, 0.2) is 48.5 Å². The fourth-order valence-corrected chi connectivity index (χ4v) is 2.58. The molecule has 4 N–H and O–H groups in total. The largest absolute Gasteiger partial charge is 0.489 e. The third kappa shape index (κ3) is 7.54. The van der Waals surface area contributed by atoms with Crippen LogP contribution in [0.1, 0.15) is 49.7 Å². The van der Waals surface area contributed by atoms with Gasteiger partial charge in [0.1, 0.15) is 12.4 Å². The van der Waals surface area contributed by atoms with Crippen LogP contribution < -0.4 is 10.1 Å². The summed E-state index contributed by atoms with van der Waals surface area (Å²) in [7, 11) is 0. The number of hydrogen-bond acceptors (Lipinski definition) is 5. The second kappa shape index (κ2) is 9.69. The first-order chi connectivity index (χ1) is 12.3. The first-order valence-corrected chi connectivity index (χ1v) is 8.93. The highest BCUT2D eigenvalue weighted by atomic mass is 16.5. The van der Waals surface area contributed by atoms with Crippen LogP contribution in [-0.2, 0) is 13.2 Å². The van der Waals surface area contributed by atoms with Crippen LogP contribution in [0, 0.1) is 0 Å². The molecule has 0 amide bonds. The number of rotatable bonds is 10. The molecule has 0 bridgehead atoms. The van der Waals surface area contributed by atoms with Crippen LogP contribution in [-0.4, -0.2) is 27.5 Å². The smallest absolute Gasteiger partial charge is 0.178 e. The van der Waals surface area contributed by atoms with Gasteiger partial charge in [-0.2, -0.15) is 0 Å².